The van der Waals surface area contributed by atoms with Crippen molar-refractivity contribution in [2.45, 2.75) is 60.9 Å². The van der Waals surface area contributed by atoms with Crippen LogP contribution in [-0.2, 0) is 16.0 Å². The van der Waals surface area contributed by atoms with Crippen molar-refractivity contribution >= 4 is 23.3 Å². The number of amides is 1. The Morgan fingerprint density at radius 3 is 2.37 bits per heavy atom. The van der Waals surface area contributed by atoms with Crippen molar-refractivity contribution in [3.63, 3.8) is 0 Å². The summed E-state index contributed by atoms with van der Waals surface area (Å²) in [6.45, 7) is 12.8. The Morgan fingerprint density at radius 2 is 1.93 bits per heavy atom. The largest absolute Gasteiger partial charge is 0.492 e. The summed E-state index contributed by atoms with van der Waals surface area (Å²) >= 11 is 0. The van der Waals surface area contributed by atoms with Gasteiger partial charge in [-0.15, -0.1) is 0 Å². The Labute approximate surface area is 161 Å². The molecule has 0 bridgehead atoms. The third-order valence-electron chi connectivity index (χ3n) is 4.17. The molecule has 27 heavy (non-hydrogen) atoms. The number of aromatic nitrogens is 1. The molecule has 1 amide bonds. The predicted octanol–water partition coefficient (Wildman–Crippen LogP) is 3.16. The van der Waals surface area contributed by atoms with Gasteiger partial charge in [-0.25, -0.2) is 4.79 Å². The van der Waals surface area contributed by atoms with Gasteiger partial charge in [0.15, 0.2) is 0 Å². The van der Waals surface area contributed by atoms with Crippen LogP contribution in [-0.4, -0.2) is 34.6 Å². The highest BCUT2D eigenvalue weighted by Crippen LogP contribution is 2.32. The van der Waals surface area contributed by atoms with Gasteiger partial charge in [0.1, 0.15) is 17.9 Å². The number of nitrogens with zero attached hydrogens (tertiary/aromatic N) is 1. The van der Waals surface area contributed by atoms with Gasteiger partial charge in [0.25, 0.3) is 0 Å². The monoisotopic (exact) mass is 377 g/mol. The number of hydrogen-bond donors (Lipinski definition) is 3. The molecule has 150 valence electrons. The lowest BCUT2D eigenvalue weighted by molar-refractivity contribution is -0.131. The number of pyridine rings is 1. The number of aromatic carboxylic acids is 1. The third kappa shape index (κ3) is 5.21. The van der Waals surface area contributed by atoms with Crippen LogP contribution in [0.5, 0.6) is 0 Å². The van der Waals surface area contributed by atoms with Crippen LogP contribution in [0.4, 0.5) is 5.69 Å². The molecule has 0 spiro atoms. The van der Waals surface area contributed by atoms with Crippen molar-refractivity contribution in [3.8, 4) is 0 Å². The lowest BCUT2D eigenvalue weighted by Gasteiger charge is -2.26. The first kappa shape index (κ1) is 22.5. The number of allylic oxidation sites excluding steroid dienone is 1. The summed E-state index contributed by atoms with van der Waals surface area (Å²) in [4.78, 5) is 28.3. The molecule has 0 fully saturated rings. The van der Waals surface area contributed by atoms with Gasteiger partial charge in [-0.05, 0) is 54.0 Å². The molecular formula is C20H31N3O4. The molecule has 7 heteroatoms. The lowest BCUT2D eigenvalue weighted by Crippen LogP contribution is -2.43. The zero-order chi connectivity index (χ0) is 20.9. The minimum Gasteiger partial charge on any atom is -0.492 e. The second-order valence-electron chi connectivity index (χ2n) is 7.42. The summed E-state index contributed by atoms with van der Waals surface area (Å²) in [5, 5.41) is 12.3. The van der Waals surface area contributed by atoms with Crippen LogP contribution >= 0.6 is 0 Å². The number of nitrogens with one attached hydrogen (secondary N) is 1. The highest BCUT2D eigenvalue weighted by atomic mass is 16.5. The highest BCUT2D eigenvalue weighted by Gasteiger charge is 2.30. The Kier molecular flexibility index (Phi) is 7.39. The molecule has 0 aliphatic carbocycles. The Bertz CT molecular complexity index is 752. The molecule has 0 atom stereocenters. The maximum atomic E-state index is 12.4. The van der Waals surface area contributed by atoms with E-state index in [-0.39, 0.29) is 29.8 Å². The fourth-order valence-corrected chi connectivity index (χ4v) is 2.67. The first-order valence-corrected chi connectivity index (χ1v) is 9.08. The molecule has 0 aromatic carbocycles. The van der Waals surface area contributed by atoms with Crippen LogP contribution in [0.2, 0.25) is 0 Å². The van der Waals surface area contributed by atoms with E-state index in [9.17, 15) is 14.7 Å². The maximum absolute atomic E-state index is 12.4. The predicted molar refractivity (Wildman–Crippen MR) is 106 cm³/mol. The quantitative estimate of drug-likeness (QED) is 0.600. The molecule has 4 N–H and O–H groups in total. The molecule has 1 heterocycles. The minimum atomic E-state index is -1.13. The SMILES string of the molecule is C/C=C(/OCC(C)(C)C(=O)NC(C)C)c1c(CC)nc(C)c(C(=O)O)c1N. The van der Waals surface area contributed by atoms with Gasteiger partial charge < -0.3 is 20.9 Å². The number of ether oxygens (including phenoxy) is 1. The van der Waals surface area contributed by atoms with Crippen LogP contribution in [0, 0.1) is 12.3 Å². The van der Waals surface area contributed by atoms with Gasteiger partial charge in [0, 0.05) is 6.04 Å². The number of hydrogen-bond acceptors (Lipinski definition) is 5. The van der Waals surface area contributed by atoms with Crippen molar-refractivity contribution in [2.75, 3.05) is 12.3 Å². The van der Waals surface area contributed by atoms with Crippen LogP contribution < -0.4 is 11.1 Å². The molecule has 1 aromatic rings. The summed E-state index contributed by atoms with van der Waals surface area (Å²) in [7, 11) is 0. The van der Waals surface area contributed by atoms with Crippen LogP contribution in [0.15, 0.2) is 6.08 Å². The average Bonchev–Trinajstić information content (AvgIpc) is 2.55. The molecule has 7 nitrogen and oxygen atoms in total. The van der Waals surface area contributed by atoms with Gasteiger partial charge in [-0.3, -0.25) is 9.78 Å². The minimum absolute atomic E-state index is 0.0260. The molecule has 0 unspecified atom stereocenters. The third-order valence-corrected chi connectivity index (χ3v) is 4.17. The van der Waals surface area contributed by atoms with E-state index in [2.05, 4.69) is 10.3 Å². The number of carbonyl (C=O) groups excluding carboxylic acids is 1. The molecular weight excluding hydrogens is 346 g/mol. The molecule has 0 radical (unpaired) electrons. The zero-order valence-corrected chi connectivity index (χ0v) is 17.3. The number of nitrogen functional groups attached to an aromatic ring is 1. The fourth-order valence-electron chi connectivity index (χ4n) is 2.67. The van der Waals surface area contributed by atoms with Crippen LogP contribution in [0.3, 0.4) is 0 Å². The van der Waals surface area contributed by atoms with Gasteiger partial charge in [-0.2, -0.15) is 0 Å². The number of aryl methyl sites for hydroxylation is 2. The van der Waals surface area contributed by atoms with E-state index in [1.807, 2.05) is 20.8 Å². The van der Waals surface area contributed by atoms with Crippen molar-refractivity contribution in [3.05, 3.63) is 28.6 Å². The second kappa shape index (κ2) is 8.88. The van der Waals surface area contributed by atoms with Crippen LogP contribution in [0.25, 0.3) is 5.76 Å². The fraction of sp³-hybridized carbons (Fsp3) is 0.550. The first-order valence-electron chi connectivity index (χ1n) is 9.08. The summed E-state index contributed by atoms with van der Waals surface area (Å²) in [5.41, 5.74) is 7.02. The summed E-state index contributed by atoms with van der Waals surface area (Å²) in [5.74, 6) is -0.830. The van der Waals surface area contributed by atoms with E-state index in [0.717, 1.165) is 0 Å². The average molecular weight is 377 g/mol. The molecule has 1 aromatic heterocycles. The Morgan fingerprint density at radius 1 is 1.33 bits per heavy atom. The normalized spacial score (nSPS) is 12.2. The van der Waals surface area contributed by atoms with Gasteiger partial charge in [-0.1, -0.05) is 6.92 Å². The number of anilines is 1. The smallest absolute Gasteiger partial charge is 0.339 e. The zero-order valence-electron chi connectivity index (χ0n) is 17.3. The molecule has 0 aliphatic heterocycles. The number of carboxylic acids is 1. The molecule has 0 aliphatic rings. The van der Waals surface area contributed by atoms with Gasteiger partial charge >= 0.3 is 5.97 Å². The second-order valence-corrected chi connectivity index (χ2v) is 7.42. The molecule has 1 rings (SSSR count). The lowest BCUT2D eigenvalue weighted by atomic mass is 9.93. The van der Waals surface area contributed by atoms with Gasteiger partial charge in [0.2, 0.25) is 5.91 Å². The Hall–Kier alpha value is -2.57. The summed E-state index contributed by atoms with van der Waals surface area (Å²) in [6.07, 6.45) is 2.28. The van der Waals surface area contributed by atoms with E-state index in [1.165, 1.54) is 0 Å². The van der Waals surface area contributed by atoms with E-state index < -0.39 is 11.4 Å². The topological polar surface area (TPSA) is 115 Å². The van der Waals surface area contributed by atoms with Crippen molar-refractivity contribution in [1.82, 2.24) is 10.3 Å². The summed E-state index contributed by atoms with van der Waals surface area (Å²) in [6, 6.07) is 0.0275. The van der Waals surface area contributed by atoms with E-state index in [1.54, 1.807) is 33.8 Å². The Balaban J connectivity index is 3.25. The van der Waals surface area contributed by atoms with E-state index >= 15 is 0 Å². The molecule has 0 saturated heterocycles. The molecule has 0 saturated carbocycles. The maximum Gasteiger partial charge on any atom is 0.339 e. The van der Waals surface area contributed by atoms with Gasteiger partial charge in [0.05, 0.1) is 28.1 Å². The van der Waals surface area contributed by atoms with Crippen LogP contribution in [0.1, 0.15) is 68.9 Å². The number of nitrogens with two attached hydrogens (primary N) is 1. The highest BCUT2D eigenvalue weighted by molar-refractivity contribution is 5.98. The standard InChI is InChI=1S/C20H31N3O4/c1-8-13-16(17(21)15(18(24)25)12(5)23-13)14(9-2)27-10-20(6,7)19(26)22-11(3)4/h9,11H,8,10H2,1-7H3,(H2,21,23)(H,22,26)(H,24,25)/b14-9+. The number of carboxylic acid groups (broad SMARTS) is 1. The number of carbonyl (C=O) groups is 2. The number of rotatable bonds is 8. The van der Waals surface area contributed by atoms with Crippen molar-refractivity contribution in [2.24, 2.45) is 5.41 Å². The summed E-state index contributed by atoms with van der Waals surface area (Å²) < 4.78 is 5.93. The van der Waals surface area contributed by atoms with E-state index in [4.69, 9.17) is 10.5 Å². The van der Waals surface area contributed by atoms with E-state index in [0.29, 0.717) is 29.1 Å². The van der Waals surface area contributed by atoms with Crippen molar-refractivity contribution < 1.29 is 19.4 Å². The first-order chi connectivity index (χ1) is 12.5. The van der Waals surface area contributed by atoms with Crippen molar-refractivity contribution in [1.29, 1.82) is 0 Å².